The highest BCUT2D eigenvalue weighted by atomic mass is 32.2. The molecule has 2 N–H and O–H groups in total. The van der Waals surface area contributed by atoms with Crippen LogP contribution < -0.4 is 15.5 Å². The number of rotatable bonds is 7. The molecule has 2 radical (unpaired) electrons. The number of anilines is 2. The Bertz CT molecular complexity index is 1540. The largest absolute Gasteiger partial charge is 0.340 e. The molecule has 0 amide bonds. The number of pyridine rings is 1. The number of nitrogens with zero attached hydrogens (tertiary/aromatic N) is 4. The Morgan fingerprint density at radius 2 is 1.74 bits per heavy atom. The van der Waals surface area contributed by atoms with Crippen molar-refractivity contribution >= 4 is 40.5 Å². The zero-order chi connectivity index (χ0) is 23.5. The van der Waals surface area contributed by atoms with Crippen LogP contribution in [-0.4, -0.2) is 35.8 Å². The molecule has 5 aromatic rings. The van der Waals surface area contributed by atoms with E-state index in [0.717, 1.165) is 16.8 Å². The molecule has 8 nitrogen and oxygen atoms in total. The number of hydrogen-bond acceptors (Lipinski definition) is 6. The molecule has 5 rings (SSSR count). The Morgan fingerprint density at radius 3 is 2.47 bits per heavy atom. The molecule has 0 unspecified atom stereocenters. The van der Waals surface area contributed by atoms with E-state index in [1.807, 2.05) is 42.5 Å². The van der Waals surface area contributed by atoms with Gasteiger partial charge in [0.25, 0.3) is 0 Å². The van der Waals surface area contributed by atoms with Crippen LogP contribution in [0, 0.1) is 0 Å². The molecule has 0 spiro atoms. The molecule has 0 atom stereocenters. The number of fused-ring (bicyclic) bond motifs is 1. The molecule has 166 valence electrons. The quantitative estimate of drug-likeness (QED) is 0.358. The van der Waals surface area contributed by atoms with E-state index in [4.69, 9.17) is 7.85 Å². The number of hydrogen-bond donors (Lipinski definition) is 2. The van der Waals surface area contributed by atoms with E-state index in [1.54, 1.807) is 53.4 Å². The molecule has 0 bridgehead atoms. The summed E-state index contributed by atoms with van der Waals surface area (Å²) in [6.45, 7) is 0.161. The van der Waals surface area contributed by atoms with E-state index in [0.29, 0.717) is 22.6 Å². The van der Waals surface area contributed by atoms with Crippen molar-refractivity contribution in [3.63, 3.8) is 0 Å². The molecule has 0 aliphatic heterocycles. The fourth-order valence-electron chi connectivity index (χ4n) is 3.46. The maximum Gasteiger partial charge on any atom is 0.240 e. The van der Waals surface area contributed by atoms with Gasteiger partial charge in [0.15, 0.2) is 5.65 Å². The average Bonchev–Trinajstić information content (AvgIpc) is 3.25. The molecular weight excluding hydrogens is 447 g/mol. The smallest absolute Gasteiger partial charge is 0.240 e. The second-order valence-electron chi connectivity index (χ2n) is 7.56. The highest BCUT2D eigenvalue weighted by Gasteiger charge is 2.15. The normalized spacial score (nSPS) is 11.5. The molecule has 3 aromatic heterocycles. The van der Waals surface area contributed by atoms with Gasteiger partial charge in [0.2, 0.25) is 10.0 Å². The number of aromatic nitrogens is 4. The lowest BCUT2D eigenvalue weighted by Crippen LogP contribution is -2.23. The van der Waals surface area contributed by atoms with E-state index in [-0.39, 0.29) is 11.4 Å². The first-order valence-electron chi connectivity index (χ1n) is 10.4. The summed E-state index contributed by atoms with van der Waals surface area (Å²) in [7, 11) is 2.40. The Morgan fingerprint density at radius 1 is 0.941 bits per heavy atom. The molecule has 3 heterocycles. The highest BCUT2D eigenvalue weighted by molar-refractivity contribution is 7.89. The van der Waals surface area contributed by atoms with Gasteiger partial charge in [-0.25, -0.2) is 18.1 Å². The van der Waals surface area contributed by atoms with E-state index >= 15 is 0 Å². The van der Waals surface area contributed by atoms with Gasteiger partial charge in [-0.1, -0.05) is 36.4 Å². The lowest BCUT2D eigenvalue weighted by atomic mass is 10.0. The van der Waals surface area contributed by atoms with Crippen molar-refractivity contribution in [1.82, 2.24) is 24.3 Å². The van der Waals surface area contributed by atoms with Crippen LogP contribution in [0.25, 0.3) is 16.9 Å². The molecule has 2 aromatic carbocycles. The molecule has 10 heteroatoms. The average molecular weight is 466 g/mol. The van der Waals surface area contributed by atoms with Gasteiger partial charge in [-0.05, 0) is 41.4 Å². The minimum absolute atomic E-state index is 0.161. The van der Waals surface area contributed by atoms with Crippen LogP contribution in [0.5, 0.6) is 0 Å². The maximum atomic E-state index is 12.7. The fourth-order valence-corrected chi connectivity index (χ4v) is 4.47. The van der Waals surface area contributed by atoms with Crippen molar-refractivity contribution in [1.29, 1.82) is 0 Å². The summed E-state index contributed by atoms with van der Waals surface area (Å²) in [5.41, 5.74) is 4.13. The Hall–Kier alpha value is -4.02. The van der Waals surface area contributed by atoms with Crippen LogP contribution >= 0.6 is 0 Å². The van der Waals surface area contributed by atoms with Crippen LogP contribution in [0.15, 0.2) is 96.3 Å². The fraction of sp³-hybridized carbons (Fsp3) is 0.0417. The molecule has 34 heavy (non-hydrogen) atoms. The van der Waals surface area contributed by atoms with Gasteiger partial charge >= 0.3 is 0 Å². The standard InChI is InChI=1S/C24H19BN6O2S/c25-21-16-27-31-23(13-22(30-24(21)31)18-6-2-1-3-7-18)29-19-8-10-20(11-9-19)34(32,33)28-15-17-5-4-12-26-14-17/h1-14,16,28-29H,15H2. The molecule has 0 saturated carbocycles. The van der Waals surface area contributed by atoms with Gasteiger partial charge in [0, 0.05) is 42.5 Å². The van der Waals surface area contributed by atoms with Crippen molar-refractivity contribution in [3.05, 3.63) is 97.0 Å². The zero-order valence-electron chi connectivity index (χ0n) is 18.0. The summed E-state index contributed by atoms with van der Waals surface area (Å²) in [6, 6.07) is 21.7. The molecular formula is C24H19BN6O2S. The van der Waals surface area contributed by atoms with Crippen molar-refractivity contribution < 1.29 is 8.42 Å². The molecule has 0 saturated heterocycles. The predicted molar refractivity (Wildman–Crippen MR) is 132 cm³/mol. The van der Waals surface area contributed by atoms with Crippen molar-refractivity contribution in [2.24, 2.45) is 0 Å². The van der Waals surface area contributed by atoms with Crippen molar-refractivity contribution in [3.8, 4) is 11.3 Å². The van der Waals surface area contributed by atoms with Gasteiger partial charge in [-0.15, -0.1) is 0 Å². The maximum absolute atomic E-state index is 12.7. The Labute approximate surface area is 198 Å². The number of sulfonamides is 1. The van der Waals surface area contributed by atoms with Crippen molar-refractivity contribution in [2.75, 3.05) is 5.32 Å². The predicted octanol–water partition coefficient (Wildman–Crippen LogP) is 2.81. The van der Waals surface area contributed by atoms with Gasteiger partial charge in [-0.2, -0.15) is 9.61 Å². The first-order chi connectivity index (χ1) is 16.5. The number of nitrogens with one attached hydrogen (secondary N) is 2. The zero-order valence-corrected chi connectivity index (χ0v) is 18.8. The van der Waals surface area contributed by atoms with E-state index in [2.05, 4.69) is 25.1 Å². The summed E-state index contributed by atoms with van der Waals surface area (Å²) < 4.78 is 29.5. The van der Waals surface area contributed by atoms with Crippen molar-refractivity contribution in [2.45, 2.75) is 11.4 Å². The third-order valence-corrected chi connectivity index (χ3v) is 6.61. The minimum Gasteiger partial charge on any atom is -0.340 e. The van der Waals surface area contributed by atoms with E-state index in [1.165, 1.54) is 0 Å². The van der Waals surface area contributed by atoms with Crippen LogP contribution in [-0.2, 0) is 16.6 Å². The minimum atomic E-state index is -3.67. The Kier molecular flexibility index (Phi) is 5.83. The lowest BCUT2D eigenvalue weighted by Gasteiger charge is -2.12. The van der Waals surface area contributed by atoms with Crippen LogP contribution in [0.2, 0.25) is 0 Å². The summed E-state index contributed by atoms with van der Waals surface area (Å²) >= 11 is 0. The van der Waals surface area contributed by atoms with Crippen LogP contribution in [0.3, 0.4) is 0 Å². The third-order valence-electron chi connectivity index (χ3n) is 5.19. The van der Waals surface area contributed by atoms with Gasteiger partial charge in [-0.3, -0.25) is 4.98 Å². The molecule has 0 aliphatic carbocycles. The van der Waals surface area contributed by atoms with E-state index < -0.39 is 10.0 Å². The first kappa shape index (κ1) is 21.8. The van der Waals surface area contributed by atoms with Crippen LogP contribution in [0.4, 0.5) is 11.5 Å². The SMILES string of the molecule is [B]c1cnn2c(Nc3ccc(S(=O)(=O)NCc4cccnc4)cc3)cc(-c3ccccc3)nc12. The Balaban J connectivity index is 1.40. The summed E-state index contributed by atoms with van der Waals surface area (Å²) in [5, 5.41) is 7.60. The topological polar surface area (TPSA) is 101 Å². The second kappa shape index (κ2) is 9.09. The van der Waals surface area contributed by atoms with Gasteiger partial charge in [0.1, 0.15) is 13.7 Å². The first-order valence-corrected chi connectivity index (χ1v) is 11.9. The summed E-state index contributed by atoms with van der Waals surface area (Å²) in [5.74, 6) is 0.644. The molecule has 0 fully saturated rings. The number of benzene rings is 2. The highest BCUT2D eigenvalue weighted by Crippen LogP contribution is 2.24. The monoisotopic (exact) mass is 466 g/mol. The lowest BCUT2D eigenvalue weighted by molar-refractivity contribution is 0.581. The third kappa shape index (κ3) is 4.54. The van der Waals surface area contributed by atoms with Gasteiger partial charge in [0.05, 0.1) is 10.6 Å². The molecule has 0 aliphatic rings. The van der Waals surface area contributed by atoms with E-state index in [9.17, 15) is 8.42 Å². The van der Waals surface area contributed by atoms with Gasteiger partial charge < -0.3 is 5.32 Å². The summed E-state index contributed by atoms with van der Waals surface area (Å²) in [6.07, 6.45) is 4.81. The van der Waals surface area contributed by atoms with Crippen LogP contribution in [0.1, 0.15) is 5.56 Å². The second-order valence-corrected chi connectivity index (χ2v) is 9.33. The summed E-state index contributed by atoms with van der Waals surface area (Å²) in [4.78, 5) is 8.80.